The Kier molecular flexibility index (Phi) is 6.47. The van der Waals surface area contributed by atoms with Crippen LogP contribution >= 0.6 is 23.4 Å². The number of anilines is 1. The molecule has 0 saturated carbocycles. The van der Waals surface area contributed by atoms with Gasteiger partial charge in [0.05, 0.1) is 12.1 Å². The lowest BCUT2D eigenvalue weighted by Crippen LogP contribution is -2.26. The van der Waals surface area contributed by atoms with E-state index in [1.165, 1.54) is 32.4 Å². The molecule has 0 radical (unpaired) electrons. The first kappa shape index (κ1) is 19.7. The number of amides is 1. The second-order valence-corrected chi connectivity index (χ2v) is 8.12. The predicted octanol–water partition coefficient (Wildman–Crippen LogP) is 3.50. The van der Waals surface area contributed by atoms with Crippen LogP contribution in [0.25, 0.3) is 0 Å². The molecule has 9 heteroatoms. The summed E-state index contributed by atoms with van der Waals surface area (Å²) in [6, 6.07) is 11.4. The van der Waals surface area contributed by atoms with Gasteiger partial charge in [0.25, 0.3) is 15.9 Å². The summed E-state index contributed by atoms with van der Waals surface area (Å²) in [4.78, 5) is 18.0. The summed E-state index contributed by atoms with van der Waals surface area (Å²) in [6.45, 7) is 0. The summed E-state index contributed by atoms with van der Waals surface area (Å²) in [5, 5.41) is 2.72. The Balaban J connectivity index is 2.30. The fraction of sp³-hybridized carbons (Fsp3) is 0.188. The maximum Gasteiger partial charge on any atom is 0.266 e. The number of sulfonamides is 1. The molecule has 2 rings (SSSR count). The second kappa shape index (κ2) is 8.20. The van der Waals surface area contributed by atoms with Crippen LogP contribution in [0, 0.1) is 0 Å². The van der Waals surface area contributed by atoms with Gasteiger partial charge in [-0.15, -0.1) is 11.8 Å². The minimum atomic E-state index is -3.96. The van der Waals surface area contributed by atoms with Crippen LogP contribution in [0.4, 0.5) is 5.69 Å². The van der Waals surface area contributed by atoms with Crippen molar-refractivity contribution in [3.8, 4) is 0 Å². The van der Waals surface area contributed by atoms with Crippen molar-refractivity contribution in [3.63, 3.8) is 0 Å². The molecule has 6 nitrogen and oxygen atoms in total. The summed E-state index contributed by atoms with van der Waals surface area (Å²) in [6.07, 6.45) is 1.96. The van der Waals surface area contributed by atoms with Gasteiger partial charge in [0.1, 0.15) is 4.90 Å². The van der Waals surface area contributed by atoms with E-state index in [0.29, 0.717) is 10.2 Å². The highest BCUT2D eigenvalue weighted by Gasteiger charge is 2.25. The van der Waals surface area contributed by atoms with Crippen molar-refractivity contribution in [2.75, 3.05) is 25.7 Å². The highest BCUT2D eigenvalue weighted by atomic mass is 35.5. The third-order valence-electron chi connectivity index (χ3n) is 3.41. The first-order valence-electron chi connectivity index (χ1n) is 7.07. The number of rotatable bonds is 6. The van der Waals surface area contributed by atoms with E-state index in [1.807, 2.05) is 18.4 Å². The summed E-state index contributed by atoms with van der Waals surface area (Å²) >= 11 is 7.58. The smallest absolute Gasteiger partial charge is 0.266 e. The largest absolute Gasteiger partial charge is 0.322 e. The Morgan fingerprint density at radius 3 is 2.40 bits per heavy atom. The minimum absolute atomic E-state index is 0.00442. The van der Waals surface area contributed by atoms with Gasteiger partial charge in [-0.25, -0.2) is 8.42 Å². The zero-order chi connectivity index (χ0) is 18.6. The standard InChI is InChI=1S/C16H17ClN2O4S2/c1-19(23-2)25(21,22)15-10-11(4-9-14(15)17)16(20)18-12-5-7-13(24-3)8-6-12/h4-10H,1-3H3,(H,18,20). The Hall–Kier alpha value is -1.58. The molecule has 2 aromatic rings. The van der Waals surface area contributed by atoms with E-state index in [2.05, 4.69) is 5.32 Å². The molecule has 1 N–H and O–H groups in total. The van der Waals surface area contributed by atoms with Crippen LogP contribution in [0.2, 0.25) is 5.02 Å². The molecule has 0 aliphatic carbocycles. The van der Waals surface area contributed by atoms with E-state index >= 15 is 0 Å². The molecule has 2 aromatic carbocycles. The quantitative estimate of drug-likeness (QED) is 0.593. The van der Waals surface area contributed by atoms with Crippen LogP contribution in [-0.4, -0.2) is 39.2 Å². The van der Waals surface area contributed by atoms with E-state index in [1.54, 1.807) is 23.9 Å². The van der Waals surface area contributed by atoms with Gasteiger partial charge in [0.2, 0.25) is 0 Å². The fourth-order valence-corrected chi connectivity index (χ4v) is 3.84. The van der Waals surface area contributed by atoms with Gasteiger partial charge in [0, 0.05) is 23.2 Å². The predicted molar refractivity (Wildman–Crippen MR) is 99.6 cm³/mol. The summed E-state index contributed by atoms with van der Waals surface area (Å²) in [5.41, 5.74) is 0.776. The maximum atomic E-state index is 12.4. The van der Waals surface area contributed by atoms with Gasteiger partial charge >= 0.3 is 0 Å². The van der Waals surface area contributed by atoms with E-state index in [4.69, 9.17) is 16.4 Å². The van der Waals surface area contributed by atoms with Gasteiger partial charge in [-0.1, -0.05) is 16.1 Å². The number of hydroxylamine groups is 1. The van der Waals surface area contributed by atoms with Crippen molar-refractivity contribution in [2.24, 2.45) is 0 Å². The first-order valence-corrected chi connectivity index (χ1v) is 10.1. The van der Waals surface area contributed by atoms with E-state index in [9.17, 15) is 13.2 Å². The van der Waals surface area contributed by atoms with Crippen molar-refractivity contribution in [3.05, 3.63) is 53.1 Å². The number of hydrogen-bond donors (Lipinski definition) is 1. The molecule has 0 heterocycles. The number of nitrogens with one attached hydrogen (secondary N) is 1. The van der Waals surface area contributed by atoms with Crippen LogP contribution in [0.15, 0.2) is 52.3 Å². The van der Waals surface area contributed by atoms with Gasteiger partial charge in [-0.2, -0.15) is 0 Å². The number of carbonyl (C=O) groups excluding carboxylic acids is 1. The molecule has 0 spiro atoms. The fourth-order valence-electron chi connectivity index (χ4n) is 1.96. The molecule has 0 fully saturated rings. The van der Waals surface area contributed by atoms with Crippen LogP contribution in [0.5, 0.6) is 0 Å². The number of benzene rings is 2. The normalized spacial score (nSPS) is 11.6. The molecule has 0 aliphatic heterocycles. The third kappa shape index (κ3) is 4.53. The molecule has 0 unspecified atom stereocenters. The van der Waals surface area contributed by atoms with Crippen molar-refractivity contribution >= 4 is 45.0 Å². The van der Waals surface area contributed by atoms with Crippen molar-refractivity contribution in [1.82, 2.24) is 4.47 Å². The lowest BCUT2D eigenvalue weighted by molar-refractivity contribution is -0.0258. The van der Waals surface area contributed by atoms with Gasteiger partial charge in [-0.3, -0.25) is 9.63 Å². The van der Waals surface area contributed by atoms with Gasteiger partial charge in [0.15, 0.2) is 0 Å². The zero-order valence-electron chi connectivity index (χ0n) is 13.8. The van der Waals surface area contributed by atoms with Crippen LogP contribution in [0.3, 0.4) is 0 Å². The summed E-state index contributed by atoms with van der Waals surface area (Å²) in [5.74, 6) is -0.440. The van der Waals surface area contributed by atoms with Gasteiger partial charge in [-0.05, 0) is 48.7 Å². The maximum absolute atomic E-state index is 12.4. The number of carbonyl (C=O) groups is 1. The molecule has 25 heavy (non-hydrogen) atoms. The number of hydrogen-bond acceptors (Lipinski definition) is 5. The molecule has 134 valence electrons. The zero-order valence-corrected chi connectivity index (χ0v) is 16.2. The van der Waals surface area contributed by atoms with Gasteiger partial charge < -0.3 is 5.32 Å². The van der Waals surface area contributed by atoms with Crippen LogP contribution in [-0.2, 0) is 14.9 Å². The topological polar surface area (TPSA) is 75.7 Å². The molecule has 0 atom stereocenters. The Labute approximate surface area is 156 Å². The van der Waals surface area contributed by atoms with Crippen molar-refractivity contribution < 1.29 is 18.0 Å². The third-order valence-corrected chi connectivity index (χ3v) is 6.32. The molecular weight excluding hydrogens is 384 g/mol. The molecule has 0 saturated heterocycles. The number of thioether (sulfide) groups is 1. The molecule has 1 amide bonds. The van der Waals surface area contributed by atoms with Crippen molar-refractivity contribution in [1.29, 1.82) is 0 Å². The molecule has 0 aliphatic rings. The van der Waals surface area contributed by atoms with E-state index in [-0.39, 0.29) is 15.5 Å². The Morgan fingerprint density at radius 1 is 1.20 bits per heavy atom. The van der Waals surface area contributed by atoms with Crippen molar-refractivity contribution in [2.45, 2.75) is 9.79 Å². The monoisotopic (exact) mass is 400 g/mol. The minimum Gasteiger partial charge on any atom is -0.322 e. The Bertz CT molecular complexity index is 870. The highest BCUT2D eigenvalue weighted by Crippen LogP contribution is 2.26. The summed E-state index contributed by atoms with van der Waals surface area (Å²) in [7, 11) is -1.50. The molecular formula is C16H17ClN2O4S2. The SMILES string of the molecule is CON(C)S(=O)(=O)c1cc(C(=O)Nc2ccc(SC)cc2)ccc1Cl. The number of nitrogens with zero attached hydrogens (tertiary/aromatic N) is 1. The Morgan fingerprint density at radius 2 is 1.84 bits per heavy atom. The molecule has 0 aromatic heterocycles. The second-order valence-electron chi connectivity index (χ2n) is 4.93. The molecule has 0 bridgehead atoms. The lowest BCUT2D eigenvalue weighted by atomic mass is 10.2. The summed E-state index contributed by atoms with van der Waals surface area (Å²) < 4.78 is 25.4. The first-order chi connectivity index (χ1) is 11.8. The number of halogens is 1. The average Bonchev–Trinajstić information content (AvgIpc) is 2.61. The average molecular weight is 401 g/mol. The van der Waals surface area contributed by atoms with Crippen LogP contribution in [0.1, 0.15) is 10.4 Å². The van der Waals surface area contributed by atoms with Crippen LogP contribution < -0.4 is 5.32 Å². The lowest BCUT2D eigenvalue weighted by Gasteiger charge is -2.16. The highest BCUT2D eigenvalue weighted by molar-refractivity contribution is 7.98. The van der Waals surface area contributed by atoms with E-state index < -0.39 is 15.9 Å². The van der Waals surface area contributed by atoms with E-state index in [0.717, 1.165) is 4.90 Å².